The Kier molecular flexibility index (Phi) is 5.61. The highest BCUT2D eigenvalue weighted by molar-refractivity contribution is 9.10. The molecule has 0 fully saturated rings. The van der Waals surface area contributed by atoms with E-state index in [2.05, 4.69) is 21.2 Å². The maximum atomic E-state index is 15.8. The molecule has 0 bridgehead atoms. The monoisotopic (exact) mass is 514 g/mol. The minimum absolute atomic E-state index is 0.357. The molecule has 0 radical (unpaired) electrons. The summed E-state index contributed by atoms with van der Waals surface area (Å²) in [6.45, 7) is 0. The Labute approximate surface area is 200 Å². The Hall–Kier alpha value is -3.27. The fourth-order valence-electron chi connectivity index (χ4n) is 4.43. The standard InChI is InChI=1S/C27H20BrN2O2P/c28-21-16-17-25-24(18-21)27(29-19-26(31)30-25,20-10-4-1-5-11-20)33(32,22-12-6-2-7-13-22)23-14-8-3-9-15-23/h1-19H,(H,30,31). The van der Waals surface area contributed by atoms with Crippen LogP contribution in [0.5, 0.6) is 0 Å². The summed E-state index contributed by atoms with van der Waals surface area (Å²) in [6.07, 6.45) is 1.26. The number of carbonyl (C=O) groups is 1. The van der Waals surface area contributed by atoms with Crippen molar-refractivity contribution < 1.29 is 9.36 Å². The van der Waals surface area contributed by atoms with Gasteiger partial charge in [-0.15, -0.1) is 0 Å². The average molecular weight is 515 g/mol. The molecule has 1 heterocycles. The quantitative estimate of drug-likeness (QED) is 0.356. The van der Waals surface area contributed by atoms with Crippen LogP contribution in [0.1, 0.15) is 11.1 Å². The second kappa shape index (κ2) is 8.58. The molecular weight excluding hydrogens is 495 g/mol. The molecule has 0 aromatic heterocycles. The van der Waals surface area contributed by atoms with Gasteiger partial charge in [-0.05, 0) is 23.8 Å². The minimum atomic E-state index is -3.57. The first-order valence-corrected chi connectivity index (χ1v) is 13.0. The summed E-state index contributed by atoms with van der Waals surface area (Å²) in [5.41, 5.74) is 1.99. The Bertz CT molecular complexity index is 1350. The van der Waals surface area contributed by atoms with Crippen LogP contribution in [0.15, 0.2) is 119 Å². The number of hydrogen-bond donors (Lipinski definition) is 1. The Morgan fingerprint density at radius 1 is 0.758 bits per heavy atom. The van der Waals surface area contributed by atoms with Gasteiger partial charge in [0.25, 0.3) is 5.91 Å². The first kappa shape index (κ1) is 21.6. The van der Waals surface area contributed by atoms with Crippen LogP contribution in [0.3, 0.4) is 0 Å². The number of carbonyl (C=O) groups excluding carboxylic acids is 1. The topological polar surface area (TPSA) is 58.5 Å². The van der Waals surface area contributed by atoms with E-state index in [1.54, 1.807) is 0 Å². The van der Waals surface area contributed by atoms with Gasteiger partial charge in [0.05, 0.1) is 6.21 Å². The lowest BCUT2D eigenvalue weighted by molar-refractivity contribution is -0.109. The SMILES string of the molecule is O=C1C=NC(c2ccccc2)(P(=O)(c2ccccc2)c2ccccc2)c2cc(Br)ccc2N1. The van der Waals surface area contributed by atoms with Gasteiger partial charge in [0.2, 0.25) is 0 Å². The van der Waals surface area contributed by atoms with Gasteiger partial charge in [-0.3, -0.25) is 9.79 Å². The Balaban J connectivity index is 2.00. The number of anilines is 1. The van der Waals surface area contributed by atoms with Crippen molar-refractivity contribution in [2.24, 2.45) is 4.99 Å². The Morgan fingerprint density at radius 2 is 1.30 bits per heavy atom. The number of nitrogens with one attached hydrogen (secondary N) is 1. The highest BCUT2D eigenvalue weighted by Crippen LogP contribution is 2.67. The molecule has 5 rings (SSSR count). The van der Waals surface area contributed by atoms with Crippen LogP contribution in [-0.4, -0.2) is 12.1 Å². The van der Waals surface area contributed by atoms with Gasteiger partial charge in [0.15, 0.2) is 12.4 Å². The molecular formula is C27H20BrN2O2P. The molecule has 1 amide bonds. The van der Waals surface area contributed by atoms with Crippen LogP contribution < -0.4 is 15.9 Å². The van der Waals surface area contributed by atoms with Crippen LogP contribution in [0, 0.1) is 0 Å². The van der Waals surface area contributed by atoms with E-state index >= 15 is 4.57 Å². The van der Waals surface area contributed by atoms with Crippen LogP contribution in [-0.2, 0) is 14.6 Å². The van der Waals surface area contributed by atoms with Crippen LogP contribution >= 0.6 is 23.1 Å². The second-order valence-corrected chi connectivity index (χ2v) is 11.6. The van der Waals surface area contributed by atoms with Gasteiger partial charge in [0, 0.05) is 26.3 Å². The first-order chi connectivity index (χ1) is 16.1. The lowest BCUT2D eigenvalue weighted by Gasteiger charge is -2.39. The number of amides is 1. The van der Waals surface area contributed by atoms with Crippen molar-refractivity contribution in [3.05, 3.63) is 125 Å². The molecule has 1 aliphatic heterocycles. The number of hydrogen-bond acceptors (Lipinski definition) is 3. The summed E-state index contributed by atoms with van der Waals surface area (Å²) in [5.74, 6) is -0.357. The third kappa shape index (κ3) is 3.49. The van der Waals surface area contributed by atoms with Crippen LogP contribution in [0.2, 0.25) is 0 Å². The van der Waals surface area contributed by atoms with Crippen molar-refractivity contribution in [3.8, 4) is 0 Å². The summed E-state index contributed by atoms with van der Waals surface area (Å²) in [5, 5.41) is 2.88. The van der Waals surface area contributed by atoms with E-state index in [0.717, 1.165) is 10.0 Å². The Morgan fingerprint density at radius 3 is 1.88 bits per heavy atom. The van der Waals surface area contributed by atoms with Gasteiger partial charge in [-0.2, -0.15) is 0 Å². The van der Waals surface area contributed by atoms with Crippen LogP contribution in [0.25, 0.3) is 0 Å². The van der Waals surface area contributed by atoms with E-state index in [1.165, 1.54) is 6.21 Å². The van der Waals surface area contributed by atoms with E-state index in [4.69, 9.17) is 4.99 Å². The number of benzene rings is 4. The summed E-state index contributed by atoms with van der Waals surface area (Å²) in [4.78, 5) is 17.6. The maximum absolute atomic E-state index is 15.8. The molecule has 33 heavy (non-hydrogen) atoms. The molecule has 4 aromatic carbocycles. The van der Waals surface area contributed by atoms with Crippen molar-refractivity contribution in [1.29, 1.82) is 0 Å². The molecule has 1 N–H and O–H groups in total. The highest BCUT2D eigenvalue weighted by atomic mass is 79.9. The fraction of sp³-hybridized carbons (Fsp3) is 0.0370. The third-order valence-electron chi connectivity index (χ3n) is 5.86. The number of aliphatic imine (C=N–C) groups is 1. The summed E-state index contributed by atoms with van der Waals surface area (Å²) >= 11 is 3.58. The molecule has 1 atom stereocenters. The number of nitrogens with zero attached hydrogens (tertiary/aromatic N) is 1. The number of rotatable bonds is 4. The molecule has 162 valence electrons. The van der Waals surface area contributed by atoms with Crippen molar-refractivity contribution in [1.82, 2.24) is 0 Å². The van der Waals surface area contributed by atoms with Crippen LogP contribution in [0.4, 0.5) is 5.69 Å². The predicted octanol–water partition coefficient (Wildman–Crippen LogP) is 5.69. The van der Waals surface area contributed by atoms with Crippen molar-refractivity contribution in [2.75, 3.05) is 5.32 Å². The van der Waals surface area contributed by atoms with Gasteiger partial charge in [0.1, 0.15) is 0 Å². The van der Waals surface area contributed by atoms with Gasteiger partial charge in [-0.25, -0.2) is 0 Å². The van der Waals surface area contributed by atoms with E-state index in [-0.39, 0.29) is 5.91 Å². The van der Waals surface area contributed by atoms with E-state index in [1.807, 2.05) is 109 Å². The lowest BCUT2D eigenvalue weighted by atomic mass is 9.97. The van der Waals surface area contributed by atoms with Crippen molar-refractivity contribution >= 4 is 51.5 Å². The second-order valence-electron chi connectivity index (χ2n) is 7.76. The average Bonchev–Trinajstić information content (AvgIpc) is 3.01. The lowest BCUT2D eigenvalue weighted by Crippen LogP contribution is -2.36. The molecule has 4 nitrogen and oxygen atoms in total. The zero-order valence-electron chi connectivity index (χ0n) is 17.6. The summed E-state index contributed by atoms with van der Waals surface area (Å²) < 4.78 is 16.6. The zero-order chi connectivity index (χ0) is 22.9. The largest absolute Gasteiger partial charge is 0.321 e. The molecule has 6 heteroatoms. The van der Waals surface area contributed by atoms with E-state index < -0.39 is 12.4 Å². The third-order valence-corrected chi connectivity index (χ3v) is 9.93. The van der Waals surface area contributed by atoms with Crippen molar-refractivity contribution in [3.63, 3.8) is 0 Å². The van der Waals surface area contributed by atoms with E-state index in [0.29, 0.717) is 21.9 Å². The summed E-state index contributed by atoms with van der Waals surface area (Å²) in [6, 6.07) is 34.0. The minimum Gasteiger partial charge on any atom is -0.321 e. The summed E-state index contributed by atoms with van der Waals surface area (Å²) in [7, 11) is -3.57. The predicted molar refractivity (Wildman–Crippen MR) is 138 cm³/mol. The normalized spacial score (nSPS) is 17.7. The number of halogens is 1. The molecule has 1 unspecified atom stereocenters. The van der Waals surface area contributed by atoms with Gasteiger partial charge >= 0.3 is 0 Å². The molecule has 4 aromatic rings. The van der Waals surface area contributed by atoms with Gasteiger partial charge < -0.3 is 9.88 Å². The molecule has 0 spiro atoms. The smallest absolute Gasteiger partial charge is 0.266 e. The highest BCUT2D eigenvalue weighted by Gasteiger charge is 2.54. The number of fused-ring (bicyclic) bond motifs is 1. The molecule has 0 saturated carbocycles. The zero-order valence-corrected chi connectivity index (χ0v) is 20.0. The van der Waals surface area contributed by atoms with Crippen molar-refractivity contribution in [2.45, 2.75) is 5.28 Å². The molecule has 0 aliphatic carbocycles. The van der Waals surface area contributed by atoms with E-state index in [9.17, 15) is 4.79 Å². The first-order valence-electron chi connectivity index (χ1n) is 10.5. The van der Waals surface area contributed by atoms with Gasteiger partial charge in [-0.1, -0.05) is 107 Å². The maximum Gasteiger partial charge on any atom is 0.266 e. The molecule has 0 saturated heterocycles. The molecule has 1 aliphatic rings. The fourth-order valence-corrected chi connectivity index (χ4v) is 8.28.